The molecule has 2 aromatic rings. The van der Waals surface area contributed by atoms with Gasteiger partial charge in [-0.25, -0.2) is 4.39 Å². The van der Waals surface area contributed by atoms with Crippen LogP contribution in [0.3, 0.4) is 0 Å². The summed E-state index contributed by atoms with van der Waals surface area (Å²) in [5, 5.41) is 4.34. The van der Waals surface area contributed by atoms with Gasteiger partial charge in [-0.15, -0.1) is 0 Å². The Labute approximate surface area is 113 Å². The number of nitrogens with one attached hydrogen (secondary N) is 1. The van der Waals surface area contributed by atoms with Crippen molar-refractivity contribution in [1.29, 1.82) is 0 Å². The molecule has 1 aliphatic rings. The van der Waals surface area contributed by atoms with Crippen LogP contribution in [0.15, 0.2) is 28.7 Å². The van der Waals surface area contributed by atoms with Crippen molar-refractivity contribution in [2.75, 3.05) is 13.1 Å². The molecule has 2 nitrogen and oxygen atoms in total. The van der Waals surface area contributed by atoms with Crippen molar-refractivity contribution in [1.82, 2.24) is 5.32 Å². The van der Waals surface area contributed by atoms with Crippen molar-refractivity contribution in [3.05, 3.63) is 35.8 Å². The van der Waals surface area contributed by atoms with Crippen LogP contribution in [0.4, 0.5) is 4.39 Å². The van der Waals surface area contributed by atoms with E-state index >= 15 is 0 Å². The summed E-state index contributed by atoms with van der Waals surface area (Å²) in [5.41, 5.74) is 0.407. The first-order valence-corrected chi connectivity index (χ1v) is 7.18. The summed E-state index contributed by atoms with van der Waals surface area (Å²) < 4.78 is 19.4. The number of fused-ring (bicyclic) bond motifs is 1. The first kappa shape index (κ1) is 12.7. The Morgan fingerprint density at radius 3 is 2.95 bits per heavy atom. The first-order valence-electron chi connectivity index (χ1n) is 7.18. The minimum atomic E-state index is -0.260. The third-order valence-corrected chi connectivity index (χ3v) is 4.13. The molecule has 2 unspecified atom stereocenters. The lowest BCUT2D eigenvalue weighted by molar-refractivity contribution is 0.218. The highest BCUT2D eigenvalue weighted by Gasteiger charge is 2.34. The van der Waals surface area contributed by atoms with Crippen LogP contribution >= 0.6 is 0 Å². The fourth-order valence-corrected chi connectivity index (χ4v) is 2.88. The van der Waals surface area contributed by atoms with E-state index in [0.29, 0.717) is 17.4 Å². The Bertz CT molecular complexity index is 563. The standard InChI is InChI=1S/C16H20FNO/c1-2-8-18-10-12-6-7-13(12)15-9-11-4-3-5-14(17)16(11)19-15/h3-5,9,12-13,18H,2,6-8,10H2,1H3. The van der Waals surface area contributed by atoms with E-state index in [4.69, 9.17) is 4.42 Å². The average molecular weight is 261 g/mol. The highest BCUT2D eigenvalue weighted by Crippen LogP contribution is 2.43. The summed E-state index contributed by atoms with van der Waals surface area (Å²) in [7, 11) is 0. The highest BCUT2D eigenvalue weighted by atomic mass is 19.1. The normalized spacial score (nSPS) is 22.6. The quantitative estimate of drug-likeness (QED) is 0.821. The van der Waals surface area contributed by atoms with Gasteiger partial charge in [0.15, 0.2) is 11.4 Å². The van der Waals surface area contributed by atoms with Crippen LogP contribution in [-0.2, 0) is 0 Å². The molecular weight excluding hydrogens is 241 g/mol. The molecule has 1 aliphatic carbocycles. The second-order valence-corrected chi connectivity index (χ2v) is 5.46. The molecule has 0 spiro atoms. The van der Waals surface area contributed by atoms with Gasteiger partial charge in [-0.2, -0.15) is 0 Å². The van der Waals surface area contributed by atoms with Gasteiger partial charge in [-0.05, 0) is 50.4 Å². The maximum atomic E-state index is 13.6. The zero-order chi connectivity index (χ0) is 13.2. The van der Waals surface area contributed by atoms with Gasteiger partial charge < -0.3 is 9.73 Å². The maximum Gasteiger partial charge on any atom is 0.169 e. The van der Waals surface area contributed by atoms with E-state index in [0.717, 1.165) is 37.1 Å². The van der Waals surface area contributed by atoms with Crippen LogP contribution in [0.5, 0.6) is 0 Å². The van der Waals surface area contributed by atoms with E-state index in [2.05, 4.69) is 12.2 Å². The second kappa shape index (κ2) is 5.33. The Balaban J connectivity index is 1.75. The maximum absolute atomic E-state index is 13.6. The molecule has 0 bridgehead atoms. The number of benzene rings is 1. The molecule has 0 amide bonds. The zero-order valence-electron chi connectivity index (χ0n) is 11.3. The Morgan fingerprint density at radius 2 is 2.26 bits per heavy atom. The average Bonchev–Trinajstić information content (AvgIpc) is 2.78. The van der Waals surface area contributed by atoms with Gasteiger partial charge >= 0.3 is 0 Å². The lowest BCUT2D eigenvalue weighted by atomic mass is 9.72. The van der Waals surface area contributed by atoms with E-state index in [1.54, 1.807) is 6.07 Å². The van der Waals surface area contributed by atoms with Crippen LogP contribution < -0.4 is 5.32 Å². The smallest absolute Gasteiger partial charge is 0.169 e. The monoisotopic (exact) mass is 261 g/mol. The third kappa shape index (κ3) is 2.39. The molecule has 0 aliphatic heterocycles. The van der Waals surface area contributed by atoms with Crippen molar-refractivity contribution < 1.29 is 8.81 Å². The Morgan fingerprint density at radius 1 is 1.37 bits per heavy atom. The number of hydrogen-bond donors (Lipinski definition) is 1. The lowest BCUT2D eigenvalue weighted by Gasteiger charge is -2.35. The van der Waals surface area contributed by atoms with Crippen molar-refractivity contribution in [3.63, 3.8) is 0 Å². The molecule has 1 fully saturated rings. The molecule has 1 heterocycles. The molecule has 2 atom stereocenters. The predicted molar refractivity (Wildman–Crippen MR) is 74.8 cm³/mol. The van der Waals surface area contributed by atoms with E-state index < -0.39 is 0 Å². The van der Waals surface area contributed by atoms with E-state index in [9.17, 15) is 4.39 Å². The molecule has 3 heteroatoms. The topological polar surface area (TPSA) is 25.2 Å². The van der Waals surface area contributed by atoms with Gasteiger partial charge in [0.25, 0.3) is 0 Å². The molecule has 1 N–H and O–H groups in total. The highest BCUT2D eigenvalue weighted by molar-refractivity contribution is 5.78. The summed E-state index contributed by atoms with van der Waals surface area (Å²) in [5.74, 6) is 1.78. The number of para-hydroxylation sites is 1. The molecule has 19 heavy (non-hydrogen) atoms. The number of furan rings is 1. The molecular formula is C16H20FNO. The number of halogens is 1. The van der Waals surface area contributed by atoms with Crippen molar-refractivity contribution in [3.8, 4) is 0 Å². The molecule has 102 valence electrons. The van der Waals surface area contributed by atoms with Crippen molar-refractivity contribution >= 4 is 11.0 Å². The first-order chi connectivity index (χ1) is 9.29. The van der Waals surface area contributed by atoms with Gasteiger partial charge in [0.2, 0.25) is 0 Å². The van der Waals surface area contributed by atoms with Crippen LogP contribution in [0.25, 0.3) is 11.0 Å². The van der Waals surface area contributed by atoms with Gasteiger partial charge in [0.05, 0.1) is 0 Å². The van der Waals surface area contributed by atoms with Gasteiger partial charge in [0, 0.05) is 11.3 Å². The van der Waals surface area contributed by atoms with E-state index in [-0.39, 0.29) is 5.82 Å². The van der Waals surface area contributed by atoms with Crippen LogP contribution in [0.2, 0.25) is 0 Å². The van der Waals surface area contributed by atoms with E-state index in [1.807, 2.05) is 12.1 Å². The minimum Gasteiger partial charge on any atom is -0.458 e. The Hall–Kier alpha value is -1.35. The molecule has 1 saturated carbocycles. The van der Waals surface area contributed by atoms with Crippen LogP contribution in [-0.4, -0.2) is 13.1 Å². The zero-order valence-corrected chi connectivity index (χ0v) is 11.3. The van der Waals surface area contributed by atoms with Crippen molar-refractivity contribution in [2.24, 2.45) is 5.92 Å². The van der Waals surface area contributed by atoms with Gasteiger partial charge in [-0.3, -0.25) is 0 Å². The van der Waals surface area contributed by atoms with Crippen molar-refractivity contribution in [2.45, 2.75) is 32.1 Å². The molecule has 1 aromatic heterocycles. The molecule has 0 saturated heterocycles. The van der Waals surface area contributed by atoms with Gasteiger partial charge in [0.1, 0.15) is 5.76 Å². The summed E-state index contributed by atoms with van der Waals surface area (Å²) in [4.78, 5) is 0. The predicted octanol–water partition coefficient (Wildman–Crippen LogP) is 4.07. The fraction of sp³-hybridized carbons (Fsp3) is 0.500. The number of rotatable bonds is 5. The van der Waals surface area contributed by atoms with E-state index in [1.165, 1.54) is 12.5 Å². The molecule has 0 radical (unpaired) electrons. The second-order valence-electron chi connectivity index (χ2n) is 5.46. The summed E-state index contributed by atoms with van der Waals surface area (Å²) in [6.07, 6.45) is 3.55. The van der Waals surface area contributed by atoms with Gasteiger partial charge in [-0.1, -0.05) is 19.1 Å². The summed E-state index contributed by atoms with van der Waals surface area (Å²) >= 11 is 0. The summed E-state index contributed by atoms with van der Waals surface area (Å²) in [6, 6.07) is 7.11. The molecule has 3 rings (SSSR count). The Kier molecular flexibility index (Phi) is 3.56. The lowest BCUT2D eigenvalue weighted by Crippen LogP contribution is -2.33. The summed E-state index contributed by atoms with van der Waals surface area (Å²) in [6.45, 7) is 4.28. The minimum absolute atomic E-state index is 0.260. The molecule has 1 aromatic carbocycles. The fourth-order valence-electron chi connectivity index (χ4n) is 2.88. The SMILES string of the molecule is CCCNCC1CCC1c1cc2cccc(F)c2o1. The largest absolute Gasteiger partial charge is 0.458 e. The third-order valence-electron chi connectivity index (χ3n) is 4.13. The number of hydrogen-bond acceptors (Lipinski definition) is 2. The van der Waals surface area contributed by atoms with Crippen LogP contribution in [0, 0.1) is 11.7 Å². The van der Waals surface area contributed by atoms with Crippen LogP contribution in [0.1, 0.15) is 37.9 Å².